The number of nitrogens with zero attached hydrogens (tertiary/aromatic N) is 1. The summed E-state index contributed by atoms with van der Waals surface area (Å²) in [5.74, 6) is 0. The van der Waals surface area contributed by atoms with Crippen molar-refractivity contribution >= 4 is 29.3 Å². The number of hydrogen-bond acceptors (Lipinski definition) is 7. The minimum atomic E-state index is -0.894. The molecule has 4 N–H and O–H groups in total. The van der Waals surface area contributed by atoms with Gasteiger partial charge in [-0.1, -0.05) is 11.8 Å². The van der Waals surface area contributed by atoms with Crippen LogP contribution in [0.2, 0.25) is 0 Å². The Morgan fingerprint density at radius 3 is 2.72 bits per heavy atom. The number of rotatable bonds is 3. The first-order valence-corrected chi connectivity index (χ1v) is 6.69. The number of thioether (sulfide) groups is 1. The molecular formula is C10H20ClN3O3S. The average Bonchev–Trinajstić information content (AvgIpc) is 2.69. The second-order valence-corrected chi connectivity index (χ2v) is 5.24. The van der Waals surface area contributed by atoms with Gasteiger partial charge in [-0.15, -0.1) is 12.4 Å². The maximum absolute atomic E-state index is 10.0. The van der Waals surface area contributed by atoms with Crippen LogP contribution in [0.5, 0.6) is 0 Å². The van der Waals surface area contributed by atoms with E-state index in [0.717, 1.165) is 11.7 Å². The van der Waals surface area contributed by atoms with Gasteiger partial charge in [-0.2, -0.15) is 0 Å². The van der Waals surface area contributed by atoms with Crippen LogP contribution in [0.4, 0.5) is 0 Å². The summed E-state index contributed by atoms with van der Waals surface area (Å²) in [6.45, 7) is 3.28. The zero-order valence-electron chi connectivity index (χ0n) is 10.4. The lowest BCUT2D eigenvalue weighted by molar-refractivity contribution is -0.150. The third kappa shape index (κ3) is 3.09. The summed E-state index contributed by atoms with van der Waals surface area (Å²) < 4.78 is 5.75. The molecule has 6 nitrogen and oxygen atoms in total. The Kier molecular flexibility index (Phi) is 6.16. The predicted octanol–water partition coefficient (Wildman–Crippen LogP) is -0.845. The van der Waals surface area contributed by atoms with Gasteiger partial charge in [0, 0.05) is 13.1 Å². The Bertz CT molecular complexity index is 308. The SMILES string of the molecule is CCNC1=N[C@@H]2[C@@H](O)[C@H](O)[C@@H](CNC)O[C@@H]2S1.Cl. The molecule has 2 aliphatic heterocycles. The number of ether oxygens (including phenoxy) is 1. The predicted molar refractivity (Wildman–Crippen MR) is 74.3 cm³/mol. The molecule has 0 amide bonds. The van der Waals surface area contributed by atoms with E-state index >= 15 is 0 Å². The number of aliphatic hydroxyl groups is 2. The highest BCUT2D eigenvalue weighted by Gasteiger charge is 2.47. The van der Waals surface area contributed by atoms with Gasteiger partial charge in [-0.25, -0.2) is 0 Å². The minimum Gasteiger partial charge on any atom is -0.388 e. The van der Waals surface area contributed by atoms with E-state index < -0.39 is 12.2 Å². The summed E-state index contributed by atoms with van der Waals surface area (Å²) in [6, 6.07) is -0.378. The first kappa shape index (κ1) is 16.0. The molecule has 0 aromatic rings. The lowest BCUT2D eigenvalue weighted by atomic mass is 9.98. The van der Waals surface area contributed by atoms with Crippen LogP contribution in [0.1, 0.15) is 6.92 Å². The first-order valence-electron chi connectivity index (χ1n) is 5.82. The van der Waals surface area contributed by atoms with Gasteiger partial charge in [0.25, 0.3) is 0 Å². The summed E-state index contributed by atoms with van der Waals surface area (Å²) in [5.41, 5.74) is -0.208. The van der Waals surface area contributed by atoms with Crippen LogP contribution in [-0.2, 0) is 4.74 Å². The largest absolute Gasteiger partial charge is 0.388 e. The van der Waals surface area contributed by atoms with E-state index in [9.17, 15) is 10.2 Å². The lowest BCUT2D eigenvalue weighted by Crippen LogP contribution is -2.57. The Morgan fingerprint density at radius 2 is 2.11 bits per heavy atom. The van der Waals surface area contributed by atoms with Crippen LogP contribution in [0, 0.1) is 0 Å². The van der Waals surface area contributed by atoms with Gasteiger partial charge < -0.3 is 25.6 Å². The van der Waals surface area contributed by atoms with E-state index in [0.29, 0.717) is 6.54 Å². The Labute approximate surface area is 117 Å². The molecule has 2 aliphatic rings. The van der Waals surface area contributed by atoms with Gasteiger partial charge in [0.1, 0.15) is 29.8 Å². The van der Waals surface area contributed by atoms with Gasteiger partial charge in [-0.3, -0.25) is 4.99 Å². The van der Waals surface area contributed by atoms with Gasteiger partial charge >= 0.3 is 0 Å². The van der Waals surface area contributed by atoms with Crippen molar-refractivity contribution < 1.29 is 14.9 Å². The monoisotopic (exact) mass is 297 g/mol. The highest BCUT2D eigenvalue weighted by atomic mass is 35.5. The van der Waals surface area contributed by atoms with Crippen LogP contribution in [0.3, 0.4) is 0 Å². The molecule has 0 aliphatic carbocycles. The molecule has 1 saturated heterocycles. The standard InChI is InChI=1S/C10H19N3O3S.ClH/c1-3-12-10-13-6-8(15)7(14)5(4-11-2)16-9(6)17-10;/h5-9,11,14-15H,3-4H2,1-2H3,(H,12,13);1H/t5-,6-,7-,8-,9-;/m1./s1. The van der Waals surface area contributed by atoms with Crippen molar-refractivity contribution in [3.63, 3.8) is 0 Å². The van der Waals surface area contributed by atoms with E-state index in [2.05, 4.69) is 15.6 Å². The molecule has 0 aromatic carbocycles. The fourth-order valence-electron chi connectivity index (χ4n) is 2.04. The number of hydrogen-bond donors (Lipinski definition) is 4. The van der Waals surface area contributed by atoms with Gasteiger partial charge in [0.2, 0.25) is 0 Å². The fraction of sp³-hybridized carbons (Fsp3) is 0.900. The molecule has 0 unspecified atom stereocenters. The molecule has 1 fully saturated rings. The highest BCUT2D eigenvalue weighted by Crippen LogP contribution is 2.35. The fourth-order valence-corrected chi connectivity index (χ4v) is 3.23. The molecule has 2 rings (SSSR count). The van der Waals surface area contributed by atoms with Crippen molar-refractivity contribution in [2.24, 2.45) is 4.99 Å². The molecular weight excluding hydrogens is 278 g/mol. The van der Waals surface area contributed by atoms with E-state index in [1.807, 2.05) is 6.92 Å². The number of nitrogens with one attached hydrogen (secondary N) is 2. The average molecular weight is 298 g/mol. The molecule has 5 atom stereocenters. The van der Waals surface area contributed by atoms with Gasteiger partial charge in [0.05, 0.1) is 0 Å². The van der Waals surface area contributed by atoms with Gasteiger partial charge in [0.15, 0.2) is 5.17 Å². The van der Waals surface area contributed by atoms with E-state index in [-0.39, 0.29) is 30.0 Å². The number of likely N-dealkylation sites (N-methyl/N-ethyl adjacent to an activating group) is 1. The van der Waals surface area contributed by atoms with E-state index in [1.54, 1.807) is 7.05 Å². The molecule has 0 aromatic heterocycles. The number of aliphatic hydroxyl groups excluding tert-OH is 2. The highest BCUT2D eigenvalue weighted by molar-refractivity contribution is 8.14. The summed E-state index contributed by atoms with van der Waals surface area (Å²) in [6.07, 6.45) is -2.15. The lowest BCUT2D eigenvalue weighted by Gasteiger charge is -2.38. The molecule has 0 radical (unpaired) electrons. The van der Waals surface area contributed by atoms with Crippen molar-refractivity contribution in [2.75, 3.05) is 20.1 Å². The van der Waals surface area contributed by atoms with E-state index in [1.165, 1.54) is 11.8 Å². The molecule has 106 valence electrons. The second-order valence-electron chi connectivity index (χ2n) is 4.15. The number of halogens is 1. The Hall–Kier alpha value is -0.0500. The molecule has 18 heavy (non-hydrogen) atoms. The molecule has 0 saturated carbocycles. The Morgan fingerprint density at radius 1 is 1.39 bits per heavy atom. The van der Waals surface area contributed by atoms with Crippen molar-refractivity contribution in [3.05, 3.63) is 0 Å². The number of aliphatic imine (C=N–C) groups is 1. The second kappa shape index (κ2) is 6.93. The van der Waals surface area contributed by atoms with Crippen molar-refractivity contribution in [1.29, 1.82) is 0 Å². The first-order chi connectivity index (χ1) is 8.17. The normalized spacial score (nSPS) is 38.7. The molecule has 0 spiro atoms. The molecule has 2 heterocycles. The maximum atomic E-state index is 10.0. The summed E-state index contributed by atoms with van der Waals surface area (Å²) in [5, 5.41) is 26.8. The quantitative estimate of drug-likeness (QED) is 0.543. The van der Waals surface area contributed by atoms with Crippen LogP contribution >= 0.6 is 24.2 Å². The molecule has 0 bridgehead atoms. The third-order valence-corrected chi connectivity index (χ3v) is 3.99. The minimum absolute atomic E-state index is 0. The number of fused-ring (bicyclic) bond motifs is 1. The Balaban J connectivity index is 0.00000162. The zero-order chi connectivity index (χ0) is 12.4. The van der Waals surface area contributed by atoms with Crippen LogP contribution < -0.4 is 10.6 Å². The topological polar surface area (TPSA) is 86.1 Å². The smallest absolute Gasteiger partial charge is 0.159 e. The van der Waals surface area contributed by atoms with Gasteiger partial charge in [-0.05, 0) is 14.0 Å². The van der Waals surface area contributed by atoms with Crippen LogP contribution in [0.15, 0.2) is 4.99 Å². The summed E-state index contributed by atoms with van der Waals surface area (Å²) in [7, 11) is 1.79. The number of amidine groups is 1. The van der Waals surface area contributed by atoms with Crippen molar-refractivity contribution in [2.45, 2.75) is 36.7 Å². The summed E-state index contributed by atoms with van der Waals surface area (Å²) in [4.78, 5) is 4.34. The summed E-state index contributed by atoms with van der Waals surface area (Å²) >= 11 is 1.47. The van der Waals surface area contributed by atoms with Crippen molar-refractivity contribution in [1.82, 2.24) is 10.6 Å². The van der Waals surface area contributed by atoms with E-state index in [4.69, 9.17) is 4.74 Å². The van der Waals surface area contributed by atoms with Crippen LogP contribution in [0.25, 0.3) is 0 Å². The van der Waals surface area contributed by atoms with Crippen LogP contribution in [-0.4, -0.2) is 65.3 Å². The van der Waals surface area contributed by atoms with Crippen molar-refractivity contribution in [3.8, 4) is 0 Å². The molecule has 8 heteroatoms. The third-order valence-electron chi connectivity index (χ3n) is 2.90. The maximum Gasteiger partial charge on any atom is 0.159 e. The zero-order valence-corrected chi connectivity index (χ0v) is 12.0.